The molecule has 0 unspecified atom stereocenters. The van der Waals surface area contributed by atoms with Gasteiger partial charge in [0.25, 0.3) is 0 Å². The molecule has 0 aliphatic heterocycles. The van der Waals surface area contributed by atoms with Gasteiger partial charge in [0, 0.05) is 54.4 Å². The average Bonchev–Trinajstić information content (AvgIpc) is 3.50. The molecule has 166 valence electrons. The minimum Gasteiger partial charge on any atom is -0.497 e. The van der Waals surface area contributed by atoms with Crippen molar-refractivity contribution in [3.05, 3.63) is 54.2 Å². The normalized spacial score (nSPS) is 13.2. The van der Waals surface area contributed by atoms with Gasteiger partial charge in [-0.25, -0.2) is 9.97 Å². The van der Waals surface area contributed by atoms with Crippen molar-refractivity contribution in [2.75, 3.05) is 26.1 Å². The molecule has 3 heterocycles. The third-order valence-electron chi connectivity index (χ3n) is 5.97. The van der Waals surface area contributed by atoms with E-state index in [4.69, 9.17) is 19.6 Å². The van der Waals surface area contributed by atoms with E-state index in [2.05, 4.69) is 14.9 Å². The van der Waals surface area contributed by atoms with E-state index in [-0.39, 0.29) is 0 Å². The number of hydrogen-bond acceptors (Lipinski definition) is 6. The molecule has 1 aliphatic carbocycles. The highest BCUT2D eigenvalue weighted by Crippen LogP contribution is 2.32. The van der Waals surface area contributed by atoms with Gasteiger partial charge in [-0.15, -0.1) is 0 Å². The first-order valence-electron chi connectivity index (χ1n) is 11.1. The van der Waals surface area contributed by atoms with E-state index in [9.17, 15) is 0 Å². The number of aryl methyl sites for hydroxylation is 2. The van der Waals surface area contributed by atoms with Crippen LogP contribution in [0.25, 0.3) is 16.9 Å². The van der Waals surface area contributed by atoms with Gasteiger partial charge in [0.1, 0.15) is 17.3 Å². The van der Waals surface area contributed by atoms with E-state index >= 15 is 0 Å². The lowest BCUT2D eigenvalue weighted by Crippen LogP contribution is -2.16. The Morgan fingerprint density at radius 1 is 1.03 bits per heavy atom. The predicted molar refractivity (Wildman–Crippen MR) is 124 cm³/mol. The van der Waals surface area contributed by atoms with Crippen molar-refractivity contribution in [1.29, 1.82) is 0 Å². The van der Waals surface area contributed by atoms with Crippen molar-refractivity contribution < 1.29 is 9.47 Å². The van der Waals surface area contributed by atoms with Gasteiger partial charge in [0.2, 0.25) is 0 Å². The maximum absolute atomic E-state index is 5.45. The second-order valence-corrected chi connectivity index (χ2v) is 8.07. The number of hydrogen-bond donors (Lipinski definition) is 1. The number of nitrogens with zero attached hydrogens (tertiary/aromatic N) is 5. The van der Waals surface area contributed by atoms with E-state index in [1.807, 2.05) is 47.5 Å². The first-order valence-corrected chi connectivity index (χ1v) is 11.1. The van der Waals surface area contributed by atoms with E-state index in [1.54, 1.807) is 14.2 Å². The first-order chi connectivity index (χ1) is 15.7. The summed E-state index contributed by atoms with van der Waals surface area (Å²) in [6.07, 6.45) is 11.1. The summed E-state index contributed by atoms with van der Waals surface area (Å²) in [4.78, 5) is 9.08. The molecular weight excluding hydrogens is 404 g/mol. The average molecular weight is 433 g/mol. The van der Waals surface area contributed by atoms with Gasteiger partial charge in [-0.05, 0) is 44.2 Å². The summed E-state index contributed by atoms with van der Waals surface area (Å²) in [5, 5.41) is 8.60. The zero-order valence-corrected chi connectivity index (χ0v) is 18.5. The number of ether oxygens (including phenoxy) is 2. The Morgan fingerprint density at radius 3 is 2.59 bits per heavy atom. The molecule has 8 nitrogen and oxygen atoms in total. The smallest absolute Gasteiger partial charge is 0.158 e. The monoisotopic (exact) mass is 432 g/mol. The third-order valence-corrected chi connectivity index (χ3v) is 5.97. The summed E-state index contributed by atoms with van der Waals surface area (Å²) in [6.45, 7) is 1.78. The van der Waals surface area contributed by atoms with Gasteiger partial charge in [-0.3, -0.25) is 0 Å². The molecule has 0 spiro atoms. The second kappa shape index (κ2) is 8.90. The van der Waals surface area contributed by atoms with Gasteiger partial charge in [0.05, 0.1) is 26.2 Å². The Labute approximate surface area is 187 Å². The fraction of sp³-hybridized carbons (Fsp3) is 0.375. The Hall–Kier alpha value is -3.55. The van der Waals surface area contributed by atoms with E-state index in [0.717, 1.165) is 66.6 Å². The van der Waals surface area contributed by atoms with Crippen LogP contribution in [0.5, 0.6) is 11.5 Å². The topological polar surface area (TPSA) is 78.5 Å². The minimum atomic E-state index is 0.738. The predicted octanol–water partition coefficient (Wildman–Crippen LogP) is 3.99. The molecule has 1 aliphatic rings. The van der Waals surface area contributed by atoms with Crippen LogP contribution < -0.4 is 14.8 Å². The summed E-state index contributed by atoms with van der Waals surface area (Å²) in [6, 6.07) is 7.86. The number of aromatic nitrogens is 5. The van der Waals surface area contributed by atoms with Gasteiger partial charge < -0.3 is 19.4 Å². The molecule has 1 N–H and O–H groups in total. The maximum Gasteiger partial charge on any atom is 0.158 e. The van der Waals surface area contributed by atoms with Crippen molar-refractivity contribution in [3.8, 4) is 22.8 Å². The van der Waals surface area contributed by atoms with Crippen LogP contribution in [-0.2, 0) is 19.4 Å². The SMILES string of the molecule is COc1cc(OC)cc(-c2cc3nc4c(c(NCCCn5ccnc5)n3n2)CCCC4)c1. The molecule has 0 bridgehead atoms. The molecule has 4 aromatic rings. The molecule has 3 aromatic heterocycles. The van der Waals surface area contributed by atoms with E-state index < -0.39 is 0 Å². The molecule has 0 saturated heterocycles. The maximum atomic E-state index is 5.45. The molecule has 8 heteroatoms. The second-order valence-electron chi connectivity index (χ2n) is 8.07. The van der Waals surface area contributed by atoms with Crippen molar-refractivity contribution >= 4 is 11.5 Å². The molecule has 0 radical (unpaired) electrons. The Kier molecular flexibility index (Phi) is 5.66. The fourth-order valence-corrected chi connectivity index (χ4v) is 4.31. The third kappa shape index (κ3) is 4.00. The Morgan fingerprint density at radius 2 is 1.84 bits per heavy atom. The van der Waals surface area contributed by atoms with Crippen LogP contribution in [0.1, 0.15) is 30.5 Å². The van der Waals surface area contributed by atoms with Gasteiger partial charge in [0.15, 0.2) is 5.65 Å². The summed E-state index contributed by atoms with van der Waals surface area (Å²) < 4.78 is 14.9. The van der Waals surface area contributed by atoms with Crippen LogP contribution in [0.2, 0.25) is 0 Å². The Bertz CT molecular complexity index is 1190. The zero-order valence-electron chi connectivity index (χ0n) is 18.5. The van der Waals surface area contributed by atoms with E-state index in [1.165, 1.54) is 24.1 Å². The highest BCUT2D eigenvalue weighted by molar-refractivity contribution is 5.69. The molecule has 0 fully saturated rings. The van der Waals surface area contributed by atoms with Crippen LogP contribution in [0.3, 0.4) is 0 Å². The molecular formula is C24H28N6O2. The van der Waals surface area contributed by atoms with E-state index in [0.29, 0.717) is 0 Å². The van der Waals surface area contributed by atoms with Crippen LogP contribution in [-0.4, -0.2) is 44.9 Å². The quantitative estimate of drug-likeness (QED) is 0.424. The summed E-state index contributed by atoms with van der Waals surface area (Å²) in [5.74, 6) is 2.54. The summed E-state index contributed by atoms with van der Waals surface area (Å²) in [7, 11) is 3.31. The summed E-state index contributed by atoms with van der Waals surface area (Å²) >= 11 is 0. The lowest BCUT2D eigenvalue weighted by molar-refractivity contribution is 0.394. The van der Waals surface area contributed by atoms with Crippen LogP contribution in [0.15, 0.2) is 43.0 Å². The lowest BCUT2D eigenvalue weighted by Gasteiger charge is -2.20. The number of benzene rings is 1. The lowest BCUT2D eigenvalue weighted by atomic mass is 9.96. The molecule has 1 aromatic carbocycles. The molecule has 0 atom stereocenters. The first kappa shape index (κ1) is 20.4. The number of imidazole rings is 1. The Balaban J connectivity index is 1.49. The van der Waals surface area contributed by atoms with Crippen molar-refractivity contribution in [2.24, 2.45) is 0 Å². The van der Waals surface area contributed by atoms with Crippen molar-refractivity contribution in [1.82, 2.24) is 24.1 Å². The number of anilines is 1. The minimum absolute atomic E-state index is 0.738. The highest BCUT2D eigenvalue weighted by atomic mass is 16.5. The molecule has 0 amide bonds. The zero-order chi connectivity index (χ0) is 21.9. The van der Waals surface area contributed by atoms with Crippen LogP contribution in [0.4, 0.5) is 5.82 Å². The number of nitrogens with one attached hydrogen (secondary N) is 1. The largest absolute Gasteiger partial charge is 0.497 e. The van der Waals surface area contributed by atoms with Gasteiger partial charge in [-0.2, -0.15) is 9.61 Å². The standard InChI is InChI=1S/C24H28N6O2/c1-31-18-12-17(13-19(14-18)32-2)22-15-23-27-21-7-4-3-6-20(21)24(30(23)28-22)26-8-5-10-29-11-9-25-16-29/h9,11-16,26H,3-8,10H2,1-2H3. The molecule has 0 saturated carbocycles. The number of fused-ring (bicyclic) bond motifs is 2. The van der Waals surface area contributed by atoms with Crippen molar-refractivity contribution in [2.45, 2.75) is 38.6 Å². The summed E-state index contributed by atoms with van der Waals surface area (Å²) in [5.41, 5.74) is 5.13. The van der Waals surface area contributed by atoms with Gasteiger partial charge in [-0.1, -0.05) is 0 Å². The van der Waals surface area contributed by atoms with Gasteiger partial charge >= 0.3 is 0 Å². The number of methoxy groups -OCH3 is 2. The number of rotatable bonds is 8. The van der Waals surface area contributed by atoms with Crippen LogP contribution in [0, 0.1) is 0 Å². The molecule has 5 rings (SSSR count). The highest BCUT2D eigenvalue weighted by Gasteiger charge is 2.20. The fourth-order valence-electron chi connectivity index (χ4n) is 4.31. The molecule has 32 heavy (non-hydrogen) atoms. The van der Waals surface area contributed by atoms with Crippen LogP contribution >= 0.6 is 0 Å². The van der Waals surface area contributed by atoms with Crippen molar-refractivity contribution in [3.63, 3.8) is 0 Å².